The van der Waals surface area contributed by atoms with Crippen molar-refractivity contribution in [1.29, 1.82) is 0 Å². The molecule has 25 heavy (non-hydrogen) atoms. The summed E-state index contributed by atoms with van der Waals surface area (Å²) in [6.07, 6.45) is 3.50. The molecule has 2 fully saturated rings. The minimum Gasteiger partial charge on any atom is -0.493 e. The van der Waals surface area contributed by atoms with Gasteiger partial charge in [0.05, 0.1) is 20.8 Å². The van der Waals surface area contributed by atoms with Crippen LogP contribution in [0.1, 0.15) is 36.8 Å². The van der Waals surface area contributed by atoms with Gasteiger partial charge in [-0.15, -0.1) is 0 Å². The topological polar surface area (TPSA) is 76.2 Å². The second-order valence-electron chi connectivity index (χ2n) is 6.42. The van der Waals surface area contributed by atoms with Gasteiger partial charge in [0.2, 0.25) is 0 Å². The number of urea groups is 1. The fourth-order valence-corrected chi connectivity index (χ4v) is 3.51. The van der Waals surface area contributed by atoms with Crippen LogP contribution in [0.25, 0.3) is 0 Å². The van der Waals surface area contributed by atoms with Gasteiger partial charge in [0.1, 0.15) is 0 Å². The van der Waals surface area contributed by atoms with E-state index in [-0.39, 0.29) is 12.6 Å². The second kappa shape index (κ2) is 6.74. The second-order valence-corrected chi connectivity index (χ2v) is 6.42. The van der Waals surface area contributed by atoms with Gasteiger partial charge in [0.25, 0.3) is 0 Å². The zero-order valence-corrected chi connectivity index (χ0v) is 14.7. The maximum absolute atomic E-state index is 12.7. The van der Waals surface area contributed by atoms with Crippen molar-refractivity contribution in [2.75, 3.05) is 14.2 Å². The van der Waals surface area contributed by atoms with Gasteiger partial charge < -0.3 is 9.47 Å². The summed E-state index contributed by atoms with van der Waals surface area (Å²) in [7, 11) is 3.07. The Balaban J connectivity index is 1.86. The zero-order valence-electron chi connectivity index (χ0n) is 14.7. The van der Waals surface area contributed by atoms with E-state index >= 15 is 0 Å². The fraction of sp³-hybridized carbons (Fsp3) is 0.500. The highest BCUT2D eigenvalue weighted by Gasteiger charge is 2.48. The summed E-state index contributed by atoms with van der Waals surface area (Å²) in [4.78, 5) is 39.4. The third kappa shape index (κ3) is 2.94. The number of amides is 4. The first-order valence-corrected chi connectivity index (χ1v) is 8.38. The highest BCUT2D eigenvalue weighted by atomic mass is 16.5. The SMILES string of the molecule is COc1cc(C)c(CN2C(=O)C(=O)N(C3CCCC3)C2=O)cc1OC. The van der Waals surface area contributed by atoms with Gasteiger partial charge in [-0.05, 0) is 43.0 Å². The summed E-state index contributed by atoms with van der Waals surface area (Å²) in [5.74, 6) is -0.381. The van der Waals surface area contributed by atoms with Crippen molar-refractivity contribution in [3.63, 3.8) is 0 Å². The Kier molecular flexibility index (Phi) is 4.65. The van der Waals surface area contributed by atoms with Crippen molar-refractivity contribution in [2.45, 2.75) is 45.2 Å². The summed E-state index contributed by atoms with van der Waals surface area (Å²) in [5, 5.41) is 0. The van der Waals surface area contributed by atoms with Crippen LogP contribution in [-0.4, -0.2) is 47.9 Å². The van der Waals surface area contributed by atoms with Crippen LogP contribution in [0.2, 0.25) is 0 Å². The molecule has 4 amide bonds. The Morgan fingerprint density at radius 3 is 2.20 bits per heavy atom. The summed E-state index contributed by atoms with van der Waals surface area (Å²) in [6, 6.07) is 2.85. The number of aryl methyl sites for hydroxylation is 1. The maximum Gasteiger partial charge on any atom is 0.334 e. The smallest absolute Gasteiger partial charge is 0.334 e. The third-order valence-electron chi connectivity index (χ3n) is 4.94. The highest BCUT2D eigenvalue weighted by Crippen LogP contribution is 2.32. The maximum atomic E-state index is 12.7. The van der Waals surface area contributed by atoms with Crippen molar-refractivity contribution in [3.8, 4) is 11.5 Å². The molecule has 1 saturated carbocycles. The lowest BCUT2D eigenvalue weighted by Gasteiger charge is -2.21. The lowest BCUT2D eigenvalue weighted by atomic mass is 10.1. The number of benzene rings is 1. The Bertz CT molecular complexity index is 724. The van der Waals surface area contributed by atoms with Crippen molar-refractivity contribution in [2.24, 2.45) is 0 Å². The van der Waals surface area contributed by atoms with E-state index in [2.05, 4.69) is 0 Å². The van der Waals surface area contributed by atoms with Crippen LogP contribution in [0.4, 0.5) is 4.79 Å². The van der Waals surface area contributed by atoms with E-state index in [0.717, 1.165) is 46.6 Å². The number of nitrogens with zero attached hydrogens (tertiary/aromatic N) is 2. The van der Waals surface area contributed by atoms with E-state index in [1.165, 1.54) is 7.11 Å². The highest BCUT2D eigenvalue weighted by molar-refractivity contribution is 6.44. The van der Waals surface area contributed by atoms with Crippen LogP contribution in [-0.2, 0) is 16.1 Å². The van der Waals surface area contributed by atoms with Crippen LogP contribution >= 0.6 is 0 Å². The molecule has 1 saturated heterocycles. The van der Waals surface area contributed by atoms with E-state index in [1.807, 2.05) is 6.92 Å². The average Bonchev–Trinajstić information content (AvgIpc) is 3.19. The molecular weight excluding hydrogens is 324 g/mol. The summed E-state index contributed by atoms with van der Waals surface area (Å²) in [5.41, 5.74) is 1.59. The van der Waals surface area contributed by atoms with E-state index < -0.39 is 17.8 Å². The standard InChI is InChI=1S/C18H22N2O5/c1-11-8-14(24-2)15(25-3)9-12(11)10-19-16(21)17(22)20(18(19)23)13-6-4-5-7-13/h8-9,13H,4-7,10H2,1-3H3. The quantitative estimate of drug-likeness (QED) is 0.604. The van der Waals surface area contributed by atoms with Gasteiger partial charge in [-0.3, -0.25) is 19.4 Å². The van der Waals surface area contributed by atoms with E-state index in [0.29, 0.717) is 11.5 Å². The number of ether oxygens (including phenoxy) is 2. The molecular formula is C18H22N2O5. The molecule has 134 valence electrons. The van der Waals surface area contributed by atoms with E-state index in [4.69, 9.17) is 9.47 Å². The minimum absolute atomic E-state index is 0.0405. The van der Waals surface area contributed by atoms with Crippen LogP contribution in [0.5, 0.6) is 11.5 Å². The molecule has 0 N–H and O–H groups in total. The molecule has 0 radical (unpaired) electrons. The van der Waals surface area contributed by atoms with Crippen molar-refractivity contribution in [1.82, 2.24) is 9.80 Å². The molecule has 3 rings (SSSR count). The molecule has 1 aromatic rings. The van der Waals surface area contributed by atoms with Crippen molar-refractivity contribution >= 4 is 17.8 Å². The molecule has 1 aliphatic carbocycles. The largest absolute Gasteiger partial charge is 0.493 e. The predicted molar refractivity (Wildman–Crippen MR) is 89.3 cm³/mol. The lowest BCUT2D eigenvalue weighted by molar-refractivity contribution is -0.144. The predicted octanol–water partition coefficient (Wildman–Crippen LogP) is 2.25. The Labute approximate surface area is 146 Å². The average molecular weight is 346 g/mol. The molecule has 0 bridgehead atoms. The molecule has 1 aliphatic heterocycles. The van der Waals surface area contributed by atoms with Crippen LogP contribution < -0.4 is 9.47 Å². The Morgan fingerprint density at radius 2 is 1.60 bits per heavy atom. The molecule has 1 heterocycles. The van der Waals surface area contributed by atoms with Gasteiger partial charge in [0, 0.05) is 6.04 Å². The molecule has 0 aromatic heterocycles. The number of hydrogen-bond acceptors (Lipinski definition) is 5. The lowest BCUT2D eigenvalue weighted by Crippen LogP contribution is -2.39. The summed E-state index contributed by atoms with van der Waals surface area (Å²) < 4.78 is 10.5. The molecule has 0 spiro atoms. The Hall–Kier alpha value is -2.57. The van der Waals surface area contributed by atoms with Gasteiger partial charge in [-0.25, -0.2) is 4.79 Å². The first kappa shape index (κ1) is 17.3. The number of carbonyl (C=O) groups excluding carboxylic acids is 3. The molecule has 1 aromatic carbocycles. The number of rotatable bonds is 5. The van der Waals surface area contributed by atoms with Gasteiger partial charge in [-0.2, -0.15) is 0 Å². The fourth-order valence-electron chi connectivity index (χ4n) is 3.51. The number of imide groups is 2. The normalized spacial score (nSPS) is 18.4. The van der Waals surface area contributed by atoms with Gasteiger partial charge in [-0.1, -0.05) is 12.8 Å². The molecule has 7 heteroatoms. The van der Waals surface area contributed by atoms with Gasteiger partial charge >= 0.3 is 17.8 Å². The zero-order chi connectivity index (χ0) is 18.1. The third-order valence-corrected chi connectivity index (χ3v) is 4.94. The summed E-state index contributed by atoms with van der Waals surface area (Å²) >= 11 is 0. The molecule has 7 nitrogen and oxygen atoms in total. The Morgan fingerprint density at radius 1 is 1.00 bits per heavy atom. The summed E-state index contributed by atoms with van der Waals surface area (Å²) in [6.45, 7) is 1.90. The van der Waals surface area contributed by atoms with Crippen molar-refractivity contribution < 1.29 is 23.9 Å². The number of hydrogen-bond donors (Lipinski definition) is 0. The molecule has 0 unspecified atom stereocenters. The molecule has 0 atom stereocenters. The number of methoxy groups -OCH3 is 2. The van der Waals surface area contributed by atoms with E-state index in [1.54, 1.807) is 19.2 Å². The number of carbonyl (C=O) groups is 3. The van der Waals surface area contributed by atoms with Crippen LogP contribution in [0.15, 0.2) is 12.1 Å². The minimum atomic E-state index is -0.758. The van der Waals surface area contributed by atoms with Gasteiger partial charge in [0.15, 0.2) is 11.5 Å². The molecule has 2 aliphatic rings. The monoisotopic (exact) mass is 346 g/mol. The van der Waals surface area contributed by atoms with Crippen LogP contribution in [0.3, 0.4) is 0 Å². The first-order chi connectivity index (χ1) is 12.0. The van der Waals surface area contributed by atoms with Crippen LogP contribution in [0, 0.1) is 6.92 Å². The van der Waals surface area contributed by atoms with E-state index in [9.17, 15) is 14.4 Å². The van der Waals surface area contributed by atoms with Crippen molar-refractivity contribution in [3.05, 3.63) is 23.3 Å². The first-order valence-electron chi connectivity index (χ1n) is 8.38.